The topological polar surface area (TPSA) is 132 Å². The molecule has 0 aromatic rings. The molecular weight excluding hydrogens is 410 g/mol. The fourth-order valence-electron chi connectivity index (χ4n) is 2.07. The molecule has 0 aromatic heterocycles. The molecule has 1 atom stereocenters. The van der Waals surface area contributed by atoms with Crippen LogP contribution in [0.25, 0.3) is 0 Å². The first-order valence-electron chi connectivity index (χ1n) is 8.73. The Labute approximate surface area is 166 Å². The van der Waals surface area contributed by atoms with E-state index in [-0.39, 0.29) is 13.4 Å². The van der Waals surface area contributed by atoms with E-state index in [2.05, 4.69) is 27.9 Å². The standard InChI is InChI=1S/C17H32O9P2/c1-15(8-6-10-17(3)13-24-14-23-4)7-5-9-16(2)11-12-25-28(21,22)26-27(18,19)20/h7,10-11H,5-6,8-9,12-14H2,1-4H3,(H,21,22)(H2,18,19,20)/b15-7+,16-11+,17-10+. The zero-order valence-corrected chi connectivity index (χ0v) is 18.7. The van der Waals surface area contributed by atoms with Crippen molar-refractivity contribution >= 4 is 15.6 Å². The highest BCUT2D eigenvalue weighted by Gasteiger charge is 2.31. The predicted octanol–water partition coefficient (Wildman–Crippen LogP) is 4.23. The Bertz CT molecular complexity index is 635. The van der Waals surface area contributed by atoms with Crippen LogP contribution in [0.5, 0.6) is 0 Å². The van der Waals surface area contributed by atoms with Crippen molar-refractivity contribution in [3.8, 4) is 0 Å². The van der Waals surface area contributed by atoms with Crippen LogP contribution in [0.4, 0.5) is 0 Å². The number of hydrogen-bond donors (Lipinski definition) is 3. The molecule has 3 N–H and O–H groups in total. The highest BCUT2D eigenvalue weighted by atomic mass is 31.3. The fraction of sp³-hybridized carbons (Fsp3) is 0.647. The Morgan fingerprint density at radius 1 is 0.893 bits per heavy atom. The van der Waals surface area contributed by atoms with Crippen LogP contribution < -0.4 is 0 Å². The largest absolute Gasteiger partial charge is 0.481 e. The second-order valence-electron chi connectivity index (χ2n) is 6.32. The van der Waals surface area contributed by atoms with Gasteiger partial charge in [0.05, 0.1) is 13.2 Å². The molecule has 0 rings (SSSR count). The summed E-state index contributed by atoms with van der Waals surface area (Å²) < 4.78 is 40.1. The highest BCUT2D eigenvalue weighted by molar-refractivity contribution is 7.60. The quantitative estimate of drug-likeness (QED) is 0.147. The summed E-state index contributed by atoms with van der Waals surface area (Å²) in [6.07, 6.45) is 9.26. The number of phosphoric acid groups is 2. The molecular formula is C17H32O9P2. The minimum absolute atomic E-state index is 0.280. The van der Waals surface area contributed by atoms with Crippen molar-refractivity contribution in [2.24, 2.45) is 0 Å². The maximum Gasteiger partial charge on any atom is 0.481 e. The van der Waals surface area contributed by atoms with Gasteiger partial charge >= 0.3 is 15.6 Å². The lowest BCUT2D eigenvalue weighted by Gasteiger charge is -2.11. The molecule has 0 saturated carbocycles. The number of methoxy groups -OCH3 is 1. The van der Waals surface area contributed by atoms with Gasteiger partial charge < -0.3 is 24.2 Å². The molecule has 0 heterocycles. The van der Waals surface area contributed by atoms with E-state index in [1.54, 1.807) is 13.2 Å². The SMILES string of the molecule is COCOC/C(C)=C/CC/C(C)=C/CC/C(C)=C/COP(=O)(O)OP(=O)(O)O. The maximum absolute atomic E-state index is 11.3. The molecule has 0 amide bonds. The molecule has 1 unspecified atom stereocenters. The lowest BCUT2D eigenvalue weighted by Crippen LogP contribution is -1.99. The summed E-state index contributed by atoms with van der Waals surface area (Å²) in [5.41, 5.74) is 3.35. The van der Waals surface area contributed by atoms with Gasteiger partial charge in [0, 0.05) is 7.11 Å². The first-order chi connectivity index (χ1) is 12.9. The molecule has 0 bridgehead atoms. The van der Waals surface area contributed by atoms with Crippen molar-refractivity contribution in [3.05, 3.63) is 34.9 Å². The van der Waals surface area contributed by atoms with Crippen LogP contribution >= 0.6 is 15.6 Å². The summed E-state index contributed by atoms with van der Waals surface area (Å²) >= 11 is 0. The van der Waals surface area contributed by atoms with Gasteiger partial charge in [0.15, 0.2) is 0 Å². The van der Waals surface area contributed by atoms with Gasteiger partial charge in [-0.3, -0.25) is 4.52 Å². The van der Waals surface area contributed by atoms with Gasteiger partial charge in [0.2, 0.25) is 0 Å². The van der Waals surface area contributed by atoms with E-state index < -0.39 is 15.6 Å². The summed E-state index contributed by atoms with van der Waals surface area (Å²) in [6.45, 7) is 6.48. The number of phosphoric ester groups is 1. The van der Waals surface area contributed by atoms with E-state index in [0.29, 0.717) is 6.61 Å². The van der Waals surface area contributed by atoms with Crippen LogP contribution in [0.3, 0.4) is 0 Å². The molecule has 9 nitrogen and oxygen atoms in total. The van der Waals surface area contributed by atoms with E-state index in [1.807, 2.05) is 13.8 Å². The molecule has 164 valence electrons. The summed E-state index contributed by atoms with van der Waals surface area (Å²) in [5.74, 6) is 0. The molecule has 0 saturated heterocycles. The third-order valence-corrected chi connectivity index (χ3v) is 5.62. The molecule has 0 fully saturated rings. The van der Waals surface area contributed by atoms with Gasteiger partial charge in [-0.2, -0.15) is 4.31 Å². The zero-order chi connectivity index (χ0) is 21.6. The lowest BCUT2D eigenvalue weighted by molar-refractivity contribution is -0.0211. The highest BCUT2D eigenvalue weighted by Crippen LogP contribution is 2.57. The first kappa shape index (κ1) is 27.4. The molecule has 0 spiro atoms. The Kier molecular flexibility index (Phi) is 14.1. The Hall–Kier alpha value is -0.600. The van der Waals surface area contributed by atoms with E-state index >= 15 is 0 Å². The fourth-order valence-corrected chi connectivity index (χ4v) is 3.60. The Morgan fingerprint density at radius 2 is 1.43 bits per heavy atom. The van der Waals surface area contributed by atoms with Gasteiger partial charge in [-0.25, -0.2) is 9.13 Å². The van der Waals surface area contributed by atoms with Gasteiger partial charge in [0.1, 0.15) is 6.79 Å². The van der Waals surface area contributed by atoms with Gasteiger partial charge in [0.25, 0.3) is 0 Å². The summed E-state index contributed by atoms with van der Waals surface area (Å²) in [5, 5.41) is 0. The summed E-state index contributed by atoms with van der Waals surface area (Å²) in [7, 11) is -8.28. The van der Waals surface area contributed by atoms with Crippen molar-refractivity contribution < 1.29 is 42.1 Å². The van der Waals surface area contributed by atoms with Gasteiger partial charge in [-0.1, -0.05) is 34.9 Å². The second-order valence-corrected chi connectivity index (χ2v) is 9.15. The monoisotopic (exact) mass is 442 g/mol. The molecule has 0 aliphatic rings. The van der Waals surface area contributed by atoms with Gasteiger partial charge in [-0.15, -0.1) is 0 Å². The minimum Gasteiger partial charge on any atom is -0.359 e. The first-order valence-corrected chi connectivity index (χ1v) is 11.8. The van der Waals surface area contributed by atoms with Gasteiger partial charge in [-0.05, 0) is 46.5 Å². The second kappa shape index (κ2) is 14.4. The number of rotatable bonds is 15. The van der Waals surface area contributed by atoms with Crippen molar-refractivity contribution in [2.75, 3.05) is 27.1 Å². The van der Waals surface area contributed by atoms with Crippen LogP contribution in [-0.2, 0) is 27.4 Å². The maximum atomic E-state index is 11.3. The molecule has 0 aliphatic carbocycles. The minimum atomic E-state index is -5.09. The molecule has 11 heteroatoms. The van der Waals surface area contributed by atoms with Crippen molar-refractivity contribution in [3.63, 3.8) is 0 Å². The number of hydrogen-bond acceptors (Lipinski definition) is 6. The number of ether oxygens (including phenoxy) is 2. The third-order valence-electron chi connectivity index (χ3n) is 3.47. The normalized spacial score (nSPS) is 16.3. The predicted molar refractivity (Wildman–Crippen MR) is 106 cm³/mol. The van der Waals surface area contributed by atoms with Crippen LogP contribution in [0.1, 0.15) is 46.5 Å². The van der Waals surface area contributed by atoms with Crippen LogP contribution in [0.2, 0.25) is 0 Å². The molecule has 28 heavy (non-hydrogen) atoms. The molecule has 0 aromatic carbocycles. The smallest absolute Gasteiger partial charge is 0.359 e. The van der Waals surface area contributed by atoms with E-state index in [0.717, 1.165) is 36.8 Å². The van der Waals surface area contributed by atoms with Crippen molar-refractivity contribution in [1.29, 1.82) is 0 Å². The van der Waals surface area contributed by atoms with E-state index in [1.165, 1.54) is 5.57 Å². The molecule has 0 aliphatic heterocycles. The molecule has 0 radical (unpaired) electrons. The van der Waals surface area contributed by atoms with Crippen molar-refractivity contribution in [2.45, 2.75) is 46.5 Å². The third kappa shape index (κ3) is 17.5. The van der Waals surface area contributed by atoms with E-state index in [4.69, 9.17) is 24.2 Å². The Balaban J connectivity index is 4.15. The summed E-state index contributed by atoms with van der Waals surface area (Å²) in [4.78, 5) is 26.2. The zero-order valence-electron chi connectivity index (χ0n) is 16.9. The average Bonchev–Trinajstić information content (AvgIpc) is 2.52. The summed E-state index contributed by atoms with van der Waals surface area (Å²) in [6, 6.07) is 0. The lowest BCUT2D eigenvalue weighted by atomic mass is 10.1. The van der Waals surface area contributed by atoms with Crippen LogP contribution in [-0.4, -0.2) is 41.8 Å². The number of allylic oxidation sites excluding steroid dienone is 4. The van der Waals surface area contributed by atoms with Crippen LogP contribution in [0, 0.1) is 0 Å². The van der Waals surface area contributed by atoms with Crippen LogP contribution in [0.15, 0.2) is 34.9 Å². The van der Waals surface area contributed by atoms with E-state index in [9.17, 15) is 9.13 Å². The average molecular weight is 442 g/mol. The van der Waals surface area contributed by atoms with Crippen molar-refractivity contribution in [1.82, 2.24) is 0 Å². The Morgan fingerprint density at radius 3 is 1.96 bits per heavy atom.